The maximum Gasteiger partial charge on any atom is 0.181 e. The van der Waals surface area contributed by atoms with Crippen molar-refractivity contribution in [1.82, 2.24) is 19.9 Å². The Morgan fingerprint density at radius 1 is 1.42 bits per heavy atom. The fourth-order valence-corrected chi connectivity index (χ4v) is 0.952. The minimum atomic E-state index is 0.611. The lowest BCUT2D eigenvalue weighted by molar-refractivity contribution is 1.18. The summed E-state index contributed by atoms with van der Waals surface area (Å²) in [5, 5.41) is 3.37. The van der Waals surface area contributed by atoms with Gasteiger partial charge in [-0.3, -0.25) is 0 Å². The Hall–Kier alpha value is -1.98. The molecular weight excluding hydrogens is 156 g/mol. The second-order valence-corrected chi connectivity index (χ2v) is 2.14. The predicted octanol–water partition coefficient (Wildman–Crippen LogP) is -0.355. The molecule has 0 atom stereocenters. The van der Waals surface area contributed by atoms with E-state index in [0.717, 1.165) is 5.52 Å². The van der Waals surface area contributed by atoms with Gasteiger partial charge in [0.25, 0.3) is 0 Å². The van der Waals surface area contributed by atoms with Crippen molar-refractivity contribution in [1.29, 1.82) is 0 Å². The van der Waals surface area contributed by atoms with Gasteiger partial charge in [-0.1, -0.05) is 0 Å². The number of H-pyrrole nitrogens is 1. The molecule has 0 aliphatic carbocycles. The van der Waals surface area contributed by atoms with Crippen LogP contribution in [0, 0.1) is 0 Å². The van der Waals surface area contributed by atoms with E-state index in [0.29, 0.717) is 11.3 Å². The number of aromatic nitrogens is 4. The lowest BCUT2D eigenvalue weighted by atomic mass is 10.4. The van der Waals surface area contributed by atoms with Crippen molar-refractivity contribution in [2.24, 2.45) is 10.9 Å². The average molecular weight is 162 g/mol. The van der Waals surface area contributed by atoms with Crippen molar-refractivity contribution >= 4 is 17.4 Å². The van der Waals surface area contributed by atoms with Crippen molar-refractivity contribution in [2.75, 3.05) is 0 Å². The molecule has 2 rings (SSSR count). The van der Waals surface area contributed by atoms with Crippen molar-refractivity contribution in [2.45, 2.75) is 0 Å². The SMILES string of the molecule is N/N=C\c1ncnc2nc[nH]c12. The number of nitrogens with one attached hydrogen (secondary N) is 1. The molecule has 0 bridgehead atoms. The quantitative estimate of drug-likeness (QED) is 0.340. The highest BCUT2D eigenvalue weighted by molar-refractivity contribution is 5.92. The van der Waals surface area contributed by atoms with Gasteiger partial charge in [0.1, 0.15) is 17.5 Å². The van der Waals surface area contributed by atoms with Gasteiger partial charge in [-0.2, -0.15) is 5.10 Å². The summed E-state index contributed by atoms with van der Waals surface area (Å²) < 4.78 is 0. The number of aromatic amines is 1. The van der Waals surface area contributed by atoms with Crippen molar-refractivity contribution < 1.29 is 0 Å². The Balaban J connectivity index is 2.73. The van der Waals surface area contributed by atoms with Crippen LogP contribution < -0.4 is 5.84 Å². The summed E-state index contributed by atoms with van der Waals surface area (Å²) in [7, 11) is 0. The Kier molecular flexibility index (Phi) is 1.44. The van der Waals surface area contributed by atoms with Crippen LogP contribution in [-0.4, -0.2) is 26.2 Å². The summed E-state index contributed by atoms with van der Waals surface area (Å²) in [5.74, 6) is 5.00. The van der Waals surface area contributed by atoms with E-state index in [1.807, 2.05) is 0 Å². The minimum absolute atomic E-state index is 0.611. The van der Waals surface area contributed by atoms with E-state index in [-0.39, 0.29) is 0 Å². The monoisotopic (exact) mass is 162 g/mol. The molecule has 2 heterocycles. The third-order valence-electron chi connectivity index (χ3n) is 1.45. The van der Waals surface area contributed by atoms with E-state index in [2.05, 4.69) is 25.0 Å². The first-order valence-corrected chi connectivity index (χ1v) is 3.29. The van der Waals surface area contributed by atoms with Gasteiger partial charge >= 0.3 is 0 Å². The molecule has 0 radical (unpaired) electrons. The van der Waals surface area contributed by atoms with E-state index >= 15 is 0 Å². The van der Waals surface area contributed by atoms with Crippen LogP contribution in [0.2, 0.25) is 0 Å². The molecule has 60 valence electrons. The first-order valence-electron chi connectivity index (χ1n) is 3.29. The highest BCUT2D eigenvalue weighted by Crippen LogP contribution is 2.06. The molecule has 0 fully saturated rings. The van der Waals surface area contributed by atoms with Gasteiger partial charge in [-0.25, -0.2) is 15.0 Å². The lowest BCUT2D eigenvalue weighted by Crippen LogP contribution is -1.93. The molecule has 6 nitrogen and oxygen atoms in total. The number of fused-ring (bicyclic) bond motifs is 1. The molecule has 0 amide bonds. The first kappa shape index (κ1) is 6.71. The Bertz CT molecular complexity index is 417. The van der Waals surface area contributed by atoms with Crippen LogP contribution in [0.25, 0.3) is 11.2 Å². The molecule has 2 aromatic rings. The van der Waals surface area contributed by atoms with Gasteiger partial charge in [0.05, 0.1) is 12.5 Å². The lowest BCUT2D eigenvalue weighted by Gasteiger charge is -1.90. The highest BCUT2D eigenvalue weighted by Gasteiger charge is 2.01. The third kappa shape index (κ3) is 0.895. The van der Waals surface area contributed by atoms with Gasteiger partial charge in [0, 0.05) is 0 Å². The second kappa shape index (κ2) is 2.57. The molecule has 3 N–H and O–H groups in total. The van der Waals surface area contributed by atoms with Gasteiger partial charge in [0.15, 0.2) is 5.65 Å². The number of nitrogens with zero attached hydrogens (tertiary/aromatic N) is 4. The van der Waals surface area contributed by atoms with Crippen LogP contribution in [0.15, 0.2) is 17.8 Å². The van der Waals surface area contributed by atoms with Crippen LogP contribution >= 0.6 is 0 Å². The van der Waals surface area contributed by atoms with Gasteiger partial charge < -0.3 is 10.8 Å². The van der Waals surface area contributed by atoms with E-state index in [1.165, 1.54) is 12.5 Å². The fourth-order valence-electron chi connectivity index (χ4n) is 0.952. The fraction of sp³-hybridized carbons (Fsp3) is 0. The van der Waals surface area contributed by atoms with Crippen molar-refractivity contribution in [3.63, 3.8) is 0 Å². The smallest absolute Gasteiger partial charge is 0.181 e. The minimum Gasteiger partial charge on any atom is -0.341 e. The molecule has 0 aliphatic rings. The zero-order valence-electron chi connectivity index (χ0n) is 6.10. The molecule has 12 heavy (non-hydrogen) atoms. The summed E-state index contributed by atoms with van der Waals surface area (Å²) in [6.45, 7) is 0. The first-order chi connectivity index (χ1) is 5.92. The molecule has 0 spiro atoms. The van der Waals surface area contributed by atoms with Crippen LogP contribution in [0.3, 0.4) is 0 Å². The number of hydrogen-bond acceptors (Lipinski definition) is 5. The van der Waals surface area contributed by atoms with Crippen LogP contribution in [-0.2, 0) is 0 Å². The maximum atomic E-state index is 5.00. The predicted molar refractivity (Wildman–Crippen MR) is 43.5 cm³/mol. The van der Waals surface area contributed by atoms with Crippen molar-refractivity contribution in [3.05, 3.63) is 18.3 Å². The number of nitrogens with two attached hydrogens (primary N) is 1. The van der Waals surface area contributed by atoms with Gasteiger partial charge in [-0.05, 0) is 0 Å². The largest absolute Gasteiger partial charge is 0.341 e. The zero-order valence-corrected chi connectivity index (χ0v) is 6.10. The topological polar surface area (TPSA) is 92.8 Å². The molecule has 2 aromatic heterocycles. The molecule has 6 heteroatoms. The van der Waals surface area contributed by atoms with E-state index in [1.54, 1.807) is 6.33 Å². The summed E-state index contributed by atoms with van der Waals surface area (Å²) in [4.78, 5) is 14.7. The number of hydrogen-bond donors (Lipinski definition) is 2. The molecular formula is C6H6N6. The van der Waals surface area contributed by atoms with Gasteiger partial charge in [0.2, 0.25) is 0 Å². The summed E-state index contributed by atoms with van der Waals surface area (Å²) in [6.07, 6.45) is 4.41. The molecule has 0 saturated carbocycles. The number of imidazole rings is 1. The van der Waals surface area contributed by atoms with Crippen LogP contribution in [0.4, 0.5) is 0 Å². The third-order valence-corrected chi connectivity index (χ3v) is 1.45. The highest BCUT2D eigenvalue weighted by atomic mass is 15.1. The standard InChI is InChI=1S/C6H6N6/c7-12-1-4-5-6(10-2-8-4)11-3-9-5/h1-3H,7H2,(H,8,9,10,11)/b12-1-. The Morgan fingerprint density at radius 3 is 3.17 bits per heavy atom. The van der Waals surface area contributed by atoms with Gasteiger partial charge in [-0.15, -0.1) is 0 Å². The Morgan fingerprint density at radius 2 is 2.33 bits per heavy atom. The second-order valence-electron chi connectivity index (χ2n) is 2.14. The number of hydrazone groups is 1. The summed E-state index contributed by atoms with van der Waals surface area (Å²) in [5.41, 5.74) is 1.99. The number of rotatable bonds is 1. The summed E-state index contributed by atoms with van der Waals surface area (Å²) >= 11 is 0. The van der Waals surface area contributed by atoms with Crippen molar-refractivity contribution in [3.8, 4) is 0 Å². The Labute approximate surface area is 67.6 Å². The van der Waals surface area contributed by atoms with E-state index in [4.69, 9.17) is 5.84 Å². The molecule has 0 aliphatic heterocycles. The van der Waals surface area contributed by atoms with Crippen LogP contribution in [0.1, 0.15) is 5.69 Å². The average Bonchev–Trinajstić information content (AvgIpc) is 2.53. The van der Waals surface area contributed by atoms with E-state index in [9.17, 15) is 0 Å². The maximum absolute atomic E-state index is 5.00. The van der Waals surface area contributed by atoms with E-state index < -0.39 is 0 Å². The zero-order chi connectivity index (χ0) is 8.39. The molecule has 0 saturated heterocycles. The summed E-state index contributed by atoms with van der Waals surface area (Å²) in [6, 6.07) is 0. The normalized spacial score (nSPS) is 11.3. The van der Waals surface area contributed by atoms with Crippen LogP contribution in [0.5, 0.6) is 0 Å². The molecule has 0 unspecified atom stereocenters. The molecule has 0 aromatic carbocycles.